The number of rotatable bonds is 4. The summed E-state index contributed by atoms with van der Waals surface area (Å²) in [5.41, 5.74) is 2.72. The predicted molar refractivity (Wildman–Crippen MR) is 74.8 cm³/mol. The van der Waals surface area contributed by atoms with E-state index in [1.165, 1.54) is 11.1 Å². The summed E-state index contributed by atoms with van der Waals surface area (Å²) >= 11 is 5.65. The molecule has 0 aromatic heterocycles. The van der Waals surface area contributed by atoms with Crippen LogP contribution in [-0.2, 0) is 11.2 Å². The maximum absolute atomic E-state index is 12.1. The lowest BCUT2D eigenvalue weighted by molar-refractivity contribution is -0.132. The van der Waals surface area contributed by atoms with Crippen molar-refractivity contribution in [1.82, 2.24) is 4.90 Å². The van der Waals surface area contributed by atoms with Crippen molar-refractivity contribution in [2.24, 2.45) is 0 Å². The summed E-state index contributed by atoms with van der Waals surface area (Å²) in [4.78, 5) is 14.0. The molecule has 0 spiro atoms. The quantitative estimate of drug-likeness (QED) is 0.763. The van der Waals surface area contributed by atoms with E-state index in [1.807, 2.05) is 11.9 Å². The van der Waals surface area contributed by atoms with Crippen molar-refractivity contribution in [1.29, 1.82) is 0 Å². The van der Waals surface area contributed by atoms with Crippen LogP contribution in [-0.4, -0.2) is 23.7 Å². The van der Waals surface area contributed by atoms with Crippen LogP contribution in [0.4, 0.5) is 0 Å². The monoisotopic (exact) mass is 265 g/mol. The van der Waals surface area contributed by atoms with Gasteiger partial charge in [-0.2, -0.15) is 0 Å². The summed E-state index contributed by atoms with van der Waals surface area (Å²) in [5.74, 6) is 0.762. The maximum Gasteiger partial charge on any atom is 0.222 e. The van der Waals surface area contributed by atoms with Crippen molar-refractivity contribution < 1.29 is 4.79 Å². The average Bonchev–Trinajstić information content (AvgIpc) is 2.43. The summed E-state index contributed by atoms with van der Waals surface area (Å²) in [6, 6.07) is 8.73. The molecule has 1 atom stereocenters. The second kappa shape index (κ2) is 6.24. The number of carbonyl (C=O) groups is 1. The van der Waals surface area contributed by atoms with E-state index in [2.05, 4.69) is 24.3 Å². The second-order valence-corrected chi connectivity index (χ2v) is 5.28. The summed E-state index contributed by atoms with van der Waals surface area (Å²) in [6.45, 7) is 0. The standard InChI is InChI=1S/C15H20ClNO/c1-17(15(18)10-5-11-16)14-9-4-7-12-6-2-3-8-13(12)14/h2-3,6,8,14H,4-5,7,9-11H2,1H3. The van der Waals surface area contributed by atoms with Crippen LogP contribution in [0, 0.1) is 0 Å². The van der Waals surface area contributed by atoms with Gasteiger partial charge in [-0.05, 0) is 36.8 Å². The maximum atomic E-state index is 12.1. The first-order valence-electron chi connectivity index (χ1n) is 6.63. The molecule has 0 saturated carbocycles. The van der Waals surface area contributed by atoms with Crippen molar-refractivity contribution in [3.8, 4) is 0 Å². The van der Waals surface area contributed by atoms with Gasteiger partial charge < -0.3 is 4.90 Å². The Morgan fingerprint density at radius 2 is 2.22 bits per heavy atom. The predicted octanol–water partition coefficient (Wildman–Crippen LogP) is 3.54. The second-order valence-electron chi connectivity index (χ2n) is 4.90. The van der Waals surface area contributed by atoms with Gasteiger partial charge in [0.25, 0.3) is 0 Å². The Bertz CT molecular complexity index is 419. The first-order valence-corrected chi connectivity index (χ1v) is 7.17. The highest BCUT2D eigenvalue weighted by molar-refractivity contribution is 6.17. The third-order valence-corrected chi connectivity index (χ3v) is 3.99. The summed E-state index contributed by atoms with van der Waals surface area (Å²) in [5, 5.41) is 0. The van der Waals surface area contributed by atoms with Crippen molar-refractivity contribution >= 4 is 17.5 Å². The Morgan fingerprint density at radius 1 is 1.44 bits per heavy atom. The largest absolute Gasteiger partial charge is 0.339 e. The third kappa shape index (κ3) is 2.86. The minimum atomic E-state index is 0.206. The van der Waals surface area contributed by atoms with Gasteiger partial charge in [-0.3, -0.25) is 4.79 Å². The van der Waals surface area contributed by atoms with Crippen LogP contribution in [0.3, 0.4) is 0 Å². The number of hydrogen-bond donors (Lipinski definition) is 0. The first kappa shape index (κ1) is 13.4. The molecule has 0 fully saturated rings. The molecule has 1 amide bonds. The molecule has 1 aliphatic rings. The number of nitrogens with zero attached hydrogens (tertiary/aromatic N) is 1. The van der Waals surface area contributed by atoms with E-state index in [-0.39, 0.29) is 11.9 Å². The molecule has 2 rings (SSSR count). The Labute approximate surface area is 114 Å². The van der Waals surface area contributed by atoms with Crippen molar-refractivity contribution in [2.75, 3.05) is 12.9 Å². The lowest BCUT2D eigenvalue weighted by Gasteiger charge is -2.33. The van der Waals surface area contributed by atoms with Gasteiger partial charge in [0.2, 0.25) is 5.91 Å². The van der Waals surface area contributed by atoms with E-state index in [1.54, 1.807) is 0 Å². The number of fused-ring (bicyclic) bond motifs is 1. The zero-order chi connectivity index (χ0) is 13.0. The van der Waals surface area contributed by atoms with Gasteiger partial charge in [0.15, 0.2) is 0 Å². The number of hydrogen-bond acceptors (Lipinski definition) is 1. The molecule has 18 heavy (non-hydrogen) atoms. The van der Waals surface area contributed by atoms with Gasteiger partial charge in [0, 0.05) is 19.3 Å². The van der Waals surface area contributed by atoms with Gasteiger partial charge in [0.1, 0.15) is 0 Å². The molecule has 1 aromatic carbocycles. The topological polar surface area (TPSA) is 20.3 Å². The highest BCUT2D eigenvalue weighted by Gasteiger charge is 2.25. The zero-order valence-electron chi connectivity index (χ0n) is 10.9. The molecule has 0 bridgehead atoms. The number of amides is 1. The molecule has 0 N–H and O–H groups in total. The Morgan fingerprint density at radius 3 is 3.00 bits per heavy atom. The molecule has 0 saturated heterocycles. The van der Waals surface area contributed by atoms with Crippen molar-refractivity contribution in [2.45, 2.75) is 38.1 Å². The average molecular weight is 266 g/mol. The highest BCUT2D eigenvalue weighted by Crippen LogP contribution is 2.33. The van der Waals surface area contributed by atoms with Crippen LogP contribution in [0.1, 0.15) is 42.9 Å². The molecule has 1 aromatic rings. The molecule has 2 nitrogen and oxygen atoms in total. The van der Waals surface area contributed by atoms with E-state index in [0.29, 0.717) is 12.3 Å². The van der Waals surface area contributed by atoms with Crippen molar-refractivity contribution in [3.63, 3.8) is 0 Å². The fraction of sp³-hybridized carbons (Fsp3) is 0.533. The van der Waals surface area contributed by atoms with E-state index >= 15 is 0 Å². The molecule has 98 valence electrons. The minimum Gasteiger partial charge on any atom is -0.339 e. The van der Waals surface area contributed by atoms with Crippen LogP contribution >= 0.6 is 11.6 Å². The molecular weight excluding hydrogens is 246 g/mol. The Kier molecular flexibility index (Phi) is 4.65. The number of aryl methyl sites for hydroxylation is 1. The van der Waals surface area contributed by atoms with Gasteiger partial charge >= 0.3 is 0 Å². The summed E-state index contributed by atoms with van der Waals surface area (Å²) < 4.78 is 0. The van der Waals surface area contributed by atoms with E-state index < -0.39 is 0 Å². The van der Waals surface area contributed by atoms with Crippen LogP contribution in [0.15, 0.2) is 24.3 Å². The van der Waals surface area contributed by atoms with Crippen LogP contribution in [0.2, 0.25) is 0 Å². The van der Waals surface area contributed by atoms with E-state index in [0.717, 1.165) is 25.7 Å². The lowest BCUT2D eigenvalue weighted by Crippen LogP contribution is -2.33. The SMILES string of the molecule is CN(C(=O)CCCCl)C1CCCc2ccccc21. The zero-order valence-corrected chi connectivity index (χ0v) is 11.6. The van der Waals surface area contributed by atoms with Gasteiger partial charge in [-0.15, -0.1) is 11.6 Å². The molecular formula is C15H20ClNO. The minimum absolute atomic E-state index is 0.206. The molecule has 0 aliphatic heterocycles. The van der Waals surface area contributed by atoms with E-state index in [4.69, 9.17) is 11.6 Å². The number of alkyl halides is 1. The van der Waals surface area contributed by atoms with Crippen LogP contribution in [0.25, 0.3) is 0 Å². The molecule has 1 unspecified atom stereocenters. The normalized spacial score (nSPS) is 18.2. The molecule has 0 heterocycles. The number of carbonyl (C=O) groups excluding carboxylic acids is 1. The Hall–Kier alpha value is -1.02. The molecule has 0 radical (unpaired) electrons. The van der Waals surface area contributed by atoms with Gasteiger partial charge in [0.05, 0.1) is 6.04 Å². The third-order valence-electron chi connectivity index (χ3n) is 3.72. The fourth-order valence-electron chi connectivity index (χ4n) is 2.70. The molecule has 1 aliphatic carbocycles. The van der Waals surface area contributed by atoms with Crippen LogP contribution < -0.4 is 0 Å². The lowest BCUT2D eigenvalue weighted by atomic mass is 9.87. The Balaban J connectivity index is 2.12. The number of benzene rings is 1. The highest BCUT2D eigenvalue weighted by atomic mass is 35.5. The van der Waals surface area contributed by atoms with Crippen LogP contribution in [0.5, 0.6) is 0 Å². The summed E-state index contributed by atoms with van der Waals surface area (Å²) in [7, 11) is 1.92. The van der Waals surface area contributed by atoms with E-state index in [9.17, 15) is 4.79 Å². The summed E-state index contributed by atoms with van der Waals surface area (Å²) in [6.07, 6.45) is 4.68. The van der Waals surface area contributed by atoms with Gasteiger partial charge in [-0.1, -0.05) is 24.3 Å². The molecule has 3 heteroatoms. The smallest absolute Gasteiger partial charge is 0.222 e. The number of halogens is 1. The fourth-order valence-corrected chi connectivity index (χ4v) is 2.83. The van der Waals surface area contributed by atoms with Crippen molar-refractivity contribution in [3.05, 3.63) is 35.4 Å². The van der Waals surface area contributed by atoms with Gasteiger partial charge in [-0.25, -0.2) is 0 Å². The first-order chi connectivity index (χ1) is 8.74.